The van der Waals surface area contributed by atoms with E-state index in [9.17, 15) is 18.0 Å². The van der Waals surface area contributed by atoms with Gasteiger partial charge < -0.3 is 19.9 Å². The average molecular weight is 493 g/mol. The average Bonchev–Trinajstić information content (AvgIpc) is 2.87. The van der Waals surface area contributed by atoms with Gasteiger partial charge in [0.25, 0.3) is 0 Å². The monoisotopic (exact) mass is 492 g/mol. The van der Waals surface area contributed by atoms with Gasteiger partial charge in [0.2, 0.25) is 5.91 Å². The molecule has 1 fully saturated rings. The van der Waals surface area contributed by atoms with E-state index in [1.54, 1.807) is 10.6 Å². The molecule has 0 spiro atoms. The van der Waals surface area contributed by atoms with Crippen molar-refractivity contribution in [2.45, 2.75) is 82.7 Å². The Morgan fingerprint density at radius 3 is 2.38 bits per heavy atom. The van der Waals surface area contributed by atoms with Gasteiger partial charge in [-0.2, -0.15) is 0 Å². The number of carbonyl (C=O) groups is 2. The molecule has 2 aromatic rings. The van der Waals surface area contributed by atoms with E-state index in [0.29, 0.717) is 16.9 Å². The summed E-state index contributed by atoms with van der Waals surface area (Å²) < 4.78 is 31.0. The molecule has 1 saturated carbocycles. The van der Waals surface area contributed by atoms with Gasteiger partial charge in [0.15, 0.2) is 9.84 Å². The second-order valence-electron chi connectivity index (χ2n) is 10.3. The van der Waals surface area contributed by atoms with Crippen molar-refractivity contribution in [2.75, 3.05) is 12.8 Å². The number of nitrogens with one attached hydrogen (secondary N) is 2. The number of alkyl carbamates (subject to hydrolysis) is 1. The molecule has 34 heavy (non-hydrogen) atoms. The normalized spacial score (nSPS) is 16.6. The lowest BCUT2D eigenvalue weighted by atomic mass is 9.90. The summed E-state index contributed by atoms with van der Waals surface area (Å²) >= 11 is 0. The van der Waals surface area contributed by atoms with Gasteiger partial charge in [-0.15, -0.1) is 0 Å². The van der Waals surface area contributed by atoms with Gasteiger partial charge in [-0.25, -0.2) is 18.2 Å². The SMILES string of the molecule is CC(C)(C)OC(=O)NC1(CNC(=O)Cn2c(CS(C)(=O)=O)nc3ccccc32)CCCCCC1. The molecular formula is C24H36N4O5S. The first-order valence-electron chi connectivity index (χ1n) is 11.8. The van der Waals surface area contributed by atoms with Crippen molar-refractivity contribution >= 4 is 32.9 Å². The molecule has 0 radical (unpaired) electrons. The standard InChI is InChI=1S/C24H36N4O5S/c1-23(2,3)33-22(30)27-24(13-9-5-6-10-14-24)17-25-21(29)15-28-19-12-8-7-11-18(19)26-20(28)16-34(4,31)32/h7-8,11-12H,5-6,9-10,13-17H2,1-4H3,(H,25,29)(H,27,30). The number of amides is 2. The number of benzene rings is 1. The number of hydrogen-bond donors (Lipinski definition) is 2. The number of para-hydroxylation sites is 2. The lowest BCUT2D eigenvalue weighted by Crippen LogP contribution is -2.56. The highest BCUT2D eigenvalue weighted by Gasteiger charge is 2.34. The number of rotatable bonds is 7. The van der Waals surface area contributed by atoms with Crippen molar-refractivity contribution in [1.29, 1.82) is 0 Å². The fraction of sp³-hybridized carbons (Fsp3) is 0.625. The largest absolute Gasteiger partial charge is 0.444 e. The minimum atomic E-state index is -3.33. The second kappa shape index (κ2) is 10.3. The summed E-state index contributed by atoms with van der Waals surface area (Å²) in [6.07, 6.45) is 6.24. The highest BCUT2D eigenvalue weighted by atomic mass is 32.2. The van der Waals surface area contributed by atoms with E-state index in [1.807, 2.05) is 39.0 Å². The third-order valence-corrected chi connectivity index (χ3v) is 6.66. The fourth-order valence-corrected chi connectivity index (χ4v) is 5.07. The van der Waals surface area contributed by atoms with Crippen LogP contribution in [0.1, 0.15) is 65.1 Å². The summed E-state index contributed by atoms with van der Waals surface area (Å²) in [6, 6.07) is 7.26. The summed E-state index contributed by atoms with van der Waals surface area (Å²) in [5.41, 5.74) is 0.145. The number of aromatic nitrogens is 2. The van der Waals surface area contributed by atoms with Gasteiger partial charge in [-0.3, -0.25) is 4.79 Å². The maximum absolute atomic E-state index is 13.0. The Labute approximate surface area is 201 Å². The molecule has 1 aliphatic rings. The number of hydrogen-bond acceptors (Lipinski definition) is 6. The zero-order valence-electron chi connectivity index (χ0n) is 20.5. The first kappa shape index (κ1) is 26.0. The van der Waals surface area contributed by atoms with Crippen LogP contribution in [0, 0.1) is 0 Å². The van der Waals surface area contributed by atoms with E-state index >= 15 is 0 Å². The highest BCUT2D eigenvalue weighted by molar-refractivity contribution is 7.89. The second-order valence-corrected chi connectivity index (χ2v) is 12.4. The lowest BCUT2D eigenvalue weighted by Gasteiger charge is -2.35. The number of imidazole rings is 1. The van der Waals surface area contributed by atoms with Gasteiger partial charge >= 0.3 is 6.09 Å². The highest BCUT2D eigenvalue weighted by Crippen LogP contribution is 2.27. The smallest absolute Gasteiger partial charge is 0.408 e. The van der Waals surface area contributed by atoms with E-state index < -0.39 is 27.1 Å². The Morgan fingerprint density at radius 2 is 1.76 bits per heavy atom. The van der Waals surface area contributed by atoms with Gasteiger partial charge in [0.05, 0.1) is 16.6 Å². The predicted octanol–water partition coefficient (Wildman–Crippen LogP) is 3.31. The number of fused-ring (bicyclic) bond motifs is 1. The van der Waals surface area contributed by atoms with E-state index in [-0.39, 0.29) is 24.7 Å². The third-order valence-electron chi connectivity index (χ3n) is 5.88. The Morgan fingerprint density at radius 1 is 1.12 bits per heavy atom. The van der Waals surface area contributed by atoms with E-state index in [0.717, 1.165) is 44.8 Å². The Bertz CT molecular complexity index is 1130. The number of carbonyl (C=O) groups excluding carboxylic acids is 2. The van der Waals surface area contributed by atoms with Crippen molar-refractivity contribution in [3.05, 3.63) is 30.1 Å². The maximum atomic E-state index is 13.0. The summed E-state index contributed by atoms with van der Waals surface area (Å²) in [5.74, 6) is -0.193. The fourth-order valence-electron chi connectivity index (χ4n) is 4.39. The quantitative estimate of drug-likeness (QED) is 0.572. The molecule has 2 amide bonds. The molecule has 2 N–H and O–H groups in total. The minimum Gasteiger partial charge on any atom is -0.444 e. The van der Waals surface area contributed by atoms with Gasteiger partial charge in [0, 0.05) is 12.8 Å². The van der Waals surface area contributed by atoms with Crippen molar-refractivity contribution in [3.63, 3.8) is 0 Å². The summed E-state index contributed by atoms with van der Waals surface area (Å²) in [7, 11) is -3.33. The Hall–Kier alpha value is -2.62. The summed E-state index contributed by atoms with van der Waals surface area (Å²) in [4.78, 5) is 30.0. The van der Waals surface area contributed by atoms with Crippen LogP contribution in [0.4, 0.5) is 4.79 Å². The van der Waals surface area contributed by atoms with Crippen LogP contribution >= 0.6 is 0 Å². The molecule has 10 heteroatoms. The molecule has 0 bridgehead atoms. The molecule has 3 rings (SSSR count). The lowest BCUT2D eigenvalue weighted by molar-refractivity contribution is -0.122. The van der Waals surface area contributed by atoms with E-state index in [1.165, 1.54) is 0 Å². The van der Waals surface area contributed by atoms with Crippen LogP contribution in [-0.4, -0.2) is 53.9 Å². The zero-order valence-corrected chi connectivity index (χ0v) is 21.3. The molecule has 1 heterocycles. The van der Waals surface area contributed by atoms with Crippen LogP contribution in [-0.2, 0) is 31.7 Å². The van der Waals surface area contributed by atoms with Crippen LogP contribution in [0.3, 0.4) is 0 Å². The van der Waals surface area contributed by atoms with Crippen molar-refractivity contribution in [1.82, 2.24) is 20.2 Å². The topological polar surface area (TPSA) is 119 Å². The predicted molar refractivity (Wildman–Crippen MR) is 131 cm³/mol. The Kier molecular flexibility index (Phi) is 7.90. The van der Waals surface area contributed by atoms with E-state index in [4.69, 9.17) is 4.74 Å². The summed E-state index contributed by atoms with van der Waals surface area (Å²) in [5, 5.41) is 6.02. The van der Waals surface area contributed by atoms with Gasteiger partial charge in [-0.1, -0.05) is 37.8 Å². The van der Waals surface area contributed by atoms with Crippen molar-refractivity contribution in [3.8, 4) is 0 Å². The molecule has 0 atom stereocenters. The summed E-state index contributed by atoms with van der Waals surface area (Å²) in [6.45, 7) is 5.67. The first-order chi connectivity index (χ1) is 15.9. The molecule has 1 aromatic carbocycles. The van der Waals surface area contributed by atoms with Crippen LogP contribution in [0.5, 0.6) is 0 Å². The van der Waals surface area contributed by atoms with Crippen LogP contribution in [0.25, 0.3) is 11.0 Å². The van der Waals surface area contributed by atoms with Crippen molar-refractivity contribution < 1.29 is 22.7 Å². The zero-order chi connectivity index (χ0) is 25.0. The molecule has 1 aromatic heterocycles. The molecule has 0 saturated heterocycles. The first-order valence-corrected chi connectivity index (χ1v) is 13.8. The molecule has 188 valence electrons. The van der Waals surface area contributed by atoms with Gasteiger partial charge in [0.1, 0.15) is 23.7 Å². The number of sulfone groups is 1. The van der Waals surface area contributed by atoms with Crippen LogP contribution < -0.4 is 10.6 Å². The van der Waals surface area contributed by atoms with Crippen molar-refractivity contribution in [2.24, 2.45) is 0 Å². The molecular weight excluding hydrogens is 456 g/mol. The third kappa shape index (κ3) is 7.44. The van der Waals surface area contributed by atoms with Gasteiger partial charge in [-0.05, 0) is 45.7 Å². The van der Waals surface area contributed by atoms with Crippen LogP contribution in [0.15, 0.2) is 24.3 Å². The Balaban J connectivity index is 1.75. The molecule has 0 unspecified atom stereocenters. The maximum Gasteiger partial charge on any atom is 0.408 e. The van der Waals surface area contributed by atoms with E-state index in [2.05, 4.69) is 15.6 Å². The molecule has 0 aliphatic heterocycles. The number of nitrogens with zero attached hydrogens (tertiary/aromatic N) is 2. The number of ether oxygens (including phenoxy) is 1. The minimum absolute atomic E-state index is 0.0616. The van der Waals surface area contributed by atoms with Crippen LogP contribution in [0.2, 0.25) is 0 Å². The molecule has 1 aliphatic carbocycles. The molecule has 9 nitrogen and oxygen atoms in total.